The second-order valence-corrected chi connectivity index (χ2v) is 8.36. The van der Waals surface area contributed by atoms with Crippen LogP contribution in [-0.2, 0) is 0 Å². The van der Waals surface area contributed by atoms with Crippen LogP contribution in [0.15, 0.2) is 91.2 Å². The molecule has 3 aromatic carbocycles. The molecule has 1 N–H and O–H groups in total. The van der Waals surface area contributed by atoms with Gasteiger partial charge in [0.15, 0.2) is 0 Å². The Morgan fingerprint density at radius 3 is 2.26 bits per heavy atom. The molecule has 0 aliphatic heterocycles. The van der Waals surface area contributed by atoms with Gasteiger partial charge in [0.05, 0.1) is 5.56 Å². The number of rotatable bonds is 5. The number of fused-ring (bicyclic) bond motifs is 2. The van der Waals surface area contributed by atoms with Crippen molar-refractivity contribution in [3.05, 3.63) is 93.6 Å². The average molecular weight is 453 g/mol. The Morgan fingerprint density at radius 2 is 1.53 bits per heavy atom. The molecule has 0 saturated heterocycles. The van der Waals surface area contributed by atoms with E-state index in [1.807, 2.05) is 80.5 Å². The van der Waals surface area contributed by atoms with Gasteiger partial charge in [-0.1, -0.05) is 18.2 Å². The predicted molar refractivity (Wildman–Crippen MR) is 138 cm³/mol. The van der Waals surface area contributed by atoms with Crippen molar-refractivity contribution in [2.75, 3.05) is 30.9 Å². The van der Waals surface area contributed by atoms with Crippen molar-refractivity contribution in [2.45, 2.75) is 6.92 Å². The maximum absolute atomic E-state index is 12.9. The molecular formula is C28H24N2O4. The van der Waals surface area contributed by atoms with Gasteiger partial charge in [0, 0.05) is 54.9 Å². The van der Waals surface area contributed by atoms with E-state index in [1.165, 1.54) is 6.07 Å². The third kappa shape index (κ3) is 3.94. The standard InChI is InChI=1S/C28H24N2O4/c1-4-29-20-9-5-19-14-23(28(32)34-26(19)15-20)18-8-12-25-24(13-18)22(16-27(31)33-25)17-6-10-21(11-7-17)30(2)3/h5-16,29H,4H2,1-3H3. The molecular weight excluding hydrogens is 428 g/mol. The highest BCUT2D eigenvalue weighted by atomic mass is 16.4. The van der Waals surface area contributed by atoms with Gasteiger partial charge in [-0.25, -0.2) is 9.59 Å². The summed E-state index contributed by atoms with van der Waals surface area (Å²) >= 11 is 0. The van der Waals surface area contributed by atoms with Gasteiger partial charge in [0.1, 0.15) is 11.2 Å². The summed E-state index contributed by atoms with van der Waals surface area (Å²) in [5.41, 5.74) is 4.89. The number of benzene rings is 3. The Hall–Kier alpha value is -4.32. The Kier molecular flexibility index (Phi) is 5.42. The summed E-state index contributed by atoms with van der Waals surface area (Å²) in [5.74, 6) is 0. The number of hydrogen-bond acceptors (Lipinski definition) is 6. The van der Waals surface area contributed by atoms with Crippen molar-refractivity contribution in [1.82, 2.24) is 0 Å². The van der Waals surface area contributed by atoms with Crippen molar-refractivity contribution in [1.29, 1.82) is 0 Å². The fourth-order valence-electron chi connectivity index (χ4n) is 4.13. The molecule has 0 fully saturated rings. The van der Waals surface area contributed by atoms with E-state index in [0.717, 1.165) is 39.8 Å². The number of anilines is 2. The molecule has 0 aliphatic rings. The molecule has 6 nitrogen and oxygen atoms in total. The van der Waals surface area contributed by atoms with Gasteiger partial charge >= 0.3 is 11.3 Å². The Balaban J connectivity index is 1.66. The largest absolute Gasteiger partial charge is 0.423 e. The third-order valence-corrected chi connectivity index (χ3v) is 5.87. The van der Waals surface area contributed by atoms with Crippen LogP contribution in [0, 0.1) is 0 Å². The summed E-state index contributed by atoms with van der Waals surface area (Å²) in [6.07, 6.45) is 0. The maximum Gasteiger partial charge on any atom is 0.344 e. The third-order valence-electron chi connectivity index (χ3n) is 5.87. The van der Waals surface area contributed by atoms with Gasteiger partial charge in [0.2, 0.25) is 0 Å². The lowest BCUT2D eigenvalue weighted by atomic mass is 9.98. The zero-order chi connectivity index (χ0) is 23.8. The first-order valence-corrected chi connectivity index (χ1v) is 11.1. The van der Waals surface area contributed by atoms with E-state index < -0.39 is 11.3 Å². The van der Waals surface area contributed by atoms with Gasteiger partial charge in [-0.05, 0) is 66.1 Å². The van der Waals surface area contributed by atoms with E-state index >= 15 is 0 Å². The highest BCUT2D eigenvalue weighted by Crippen LogP contribution is 2.32. The second kappa shape index (κ2) is 8.56. The maximum atomic E-state index is 12.9. The minimum Gasteiger partial charge on any atom is -0.423 e. The number of nitrogens with zero attached hydrogens (tertiary/aromatic N) is 1. The van der Waals surface area contributed by atoms with Gasteiger partial charge < -0.3 is 19.1 Å². The number of nitrogens with one attached hydrogen (secondary N) is 1. The summed E-state index contributed by atoms with van der Waals surface area (Å²) in [6.45, 7) is 2.79. The lowest BCUT2D eigenvalue weighted by Gasteiger charge is -2.13. The van der Waals surface area contributed by atoms with Gasteiger partial charge in [-0.3, -0.25) is 0 Å². The fourth-order valence-corrected chi connectivity index (χ4v) is 4.13. The Morgan fingerprint density at radius 1 is 0.765 bits per heavy atom. The summed E-state index contributed by atoms with van der Waals surface area (Å²) < 4.78 is 11.1. The van der Waals surface area contributed by atoms with E-state index in [4.69, 9.17) is 8.83 Å². The van der Waals surface area contributed by atoms with Crippen LogP contribution in [0.4, 0.5) is 11.4 Å². The normalized spacial score (nSPS) is 11.1. The molecule has 2 heterocycles. The summed E-state index contributed by atoms with van der Waals surface area (Å²) in [5, 5.41) is 4.80. The topological polar surface area (TPSA) is 75.7 Å². The van der Waals surface area contributed by atoms with Gasteiger partial charge in [0.25, 0.3) is 0 Å². The molecule has 0 aliphatic carbocycles. The molecule has 34 heavy (non-hydrogen) atoms. The summed E-state index contributed by atoms with van der Waals surface area (Å²) in [7, 11) is 3.95. The highest BCUT2D eigenvalue weighted by Gasteiger charge is 2.13. The van der Waals surface area contributed by atoms with Gasteiger partial charge in [-0.2, -0.15) is 0 Å². The molecule has 0 bridgehead atoms. The van der Waals surface area contributed by atoms with E-state index in [9.17, 15) is 9.59 Å². The molecule has 5 aromatic rings. The molecule has 6 heteroatoms. The van der Waals surface area contributed by atoms with Crippen molar-refractivity contribution in [3.63, 3.8) is 0 Å². The fraction of sp³-hybridized carbons (Fsp3) is 0.143. The zero-order valence-electron chi connectivity index (χ0n) is 19.2. The van der Waals surface area contributed by atoms with Crippen molar-refractivity contribution in [2.24, 2.45) is 0 Å². The first kappa shape index (κ1) is 21.5. The van der Waals surface area contributed by atoms with Crippen LogP contribution < -0.4 is 21.5 Å². The molecule has 0 atom stereocenters. The van der Waals surface area contributed by atoms with E-state index in [-0.39, 0.29) is 0 Å². The first-order valence-electron chi connectivity index (χ1n) is 11.1. The molecule has 170 valence electrons. The summed E-state index contributed by atoms with van der Waals surface area (Å²) in [6, 6.07) is 22.4. The molecule has 0 spiro atoms. The van der Waals surface area contributed by atoms with Crippen LogP contribution in [0.1, 0.15) is 6.92 Å². The average Bonchev–Trinajstić information content (AvgIpc) is 2.83. The molecule has 2 aromatic heterocycles. The van der Waals surface area contributed by atoms with Gasteiger partial charge in [-0.15, -0.1) is 0 Å². The SMILES string of the molecule is CCNc1ccc2cc(-c3ccc4oc(=O)cc(-c5ccc(N(C)C)cc5)c4c3)c(=O)oc2c1. The minimum atomic E-state index is -0.423. The van der Waals surface area contributed by atoms with E-state index in [1.54, 1.807) is 12.1 Å². The smallest absolute Gasteiger partial charge is 0.344 e. The zero-order valence-corrected chi connectivity index (χ0v) is 19.2. The van der Waals surface area contributed by atoms with Crippen LogP contribution in [0.2, 0.25) is 0 Å². The second-order valence-electron chi connectivity index (χ2n) is 8.36. The molecule has 0 unspecified atom stereocenters. The van der Waals surface area contributed by atoms with Crippen LogP contribution in [0.5, 0.6) is 0 Å². The van der Waals surface area contributed by atoms with Crippen LogP contribution >= 0.6 is 0 Å². The molecule has 0 amide bonds. The molecule has 0 radical (unpaired) electrons. The van der Waals surface area contributed by atoms with E-state index in [2.05, 4.69) is 5.32 Å². The lowest BCUT2D eigenvalue weighted by molar-refractivity contribution is 0.561. The van der Waals surface area contributed by atoms with Crippen LogP contribution in [0.25, 0.3) is 44.2 Å². The van der Waals surface area contributed by atoms with Crippen molar-refractivity contribution < 1.29 is 8.83 Å². The minimum absolute atomic E-state index is 0.422. The highest BCUT2D eigenvalue weighted by molar-refractivity contribution is 5.96. The quantitative estimate of drug-likeness (QED) is 0.343. The van der Waals surface area contributed by atoms with Crippen molar-refractivity contribution >= 4 is 33.3 Å². The Bertz CT molecular complexity index is 1630. The molecule has 0 saturated carbocycles. The van der Waals surface area contributed by atoms with Crippen LogP contribution in [-0.4, -0.2) is 20.6 Å². The van der Waals surface area contributed by atoms with E-state index in [0.29, 0.717) is 22.3 Å². The van der Waals surface area contributed by atoms with Crippen molar-refractivity contribution in [3.8, 4) is 22.3 Å². The Labute approximate surface area is 196 Å². The first-order chi connectivity index (χ1) is 16.4. The summed E-state index contributed by atoms with van der Waals surface area (Å²) in [4.78, 5) is 27.1. The monoisotopic (exact) mass is 452 g/mol. The lowest BCUT2D eigenvalue weighted by Crippen LogP contribution is -2.08. The number of hydrogen-bond donors (Lipinski definition) is 1. The molecule has 5 rings (SSSR count). The predicted octanol–water partition coefficient (Wildman–Crippen LogP) is 5.73. The van der Waals surface area contributed by atoms with Crippen LogP contribution in [0.3, 0.4) is 0 Å².